The Labute approximate surface area is 103 Å². The van der Waals surface area contributed by atoms with Gasteiger partial charge in [-0.3, -0.25) is 4.79 Å². The maximum Gasteiger partial charge on any atom is 0.312 e. The summed E-state index contributed by atoms with van der Waals surface area (Å²) in [5.74, 6) is 0.705. The van der Waals surface area contributed by atoms with Crippen molar-refractivity contribution in [3.8, 4) is 0 Å². The Kier molecular flexibility index (Phi) is 2.07. The Morgan fingerprint density at radius 1 is 1.41 bits per heavy atom. The fourth-order valence-corrected chi connectivity index (χ4v) is 4.08. The molecule has 0 aromatic rings. The van der Waals surface area contributed by atoms with Crippen LogP contribution in [0.4, 0.5) is 0 Å². The molecular formula is C14H22O3. The van der Waals surface area contributed by atoms with E-state index in [1.54, 1.807) is 0 Å². The van der Waals surface area contributed by atoms with Crippen molar-refractivity contribution >= 4 is 5.97 Å². The number of esters is 1. The fourth-order valence-electron chi connectivity index (χ4n) is 4.08. The van der Waals surface area contributed by atoms with E-state index in [0.717, 1.165) is 25.7 Å². The van der Waals surface area contributed by atoms with Crippen LogP contribution in [0.2, 0.25) is 0 Å². The number of aliphatic hydroxyl groups is 1. The fraction of sp³-hybridized carbons (Fsp3) is 0.929. The van der Waals surface area contributed by atoms with Crippen LogP contribution >= 0.6 is 0 Å². The molecule has 0 amide bonds. The first-order valence-corrected chi connectivity index (χ1v) is 6.77. The molecule has 4 atom stereocenters. The summed E-state index contributed by atoms with van der Waals surface area (Å²) in [5.41, 5.74) is -1.23. The van der Waals surface area contributed by atoms with Crippen molar-refractivity contribution in [3.05, 3.63) is 0 Å². The van der Waals surface area contributed by atoms with Gasteiger partial charge in [-0.25, -0.2) is 0 Å². The van der Waals surface area contributed by atoms with E-state index in [1.165, 1.54) is 0 Å². The lowest BCUT2D eigenvalue weighted by Crippen LogP contribution is -2.39. The molecule has 3 heteroatoms. The molecule has 4 saturated carbocycles. The van der Waals surface area contributed by atoms with Gasteiger partial charge in [-0.2, -0.15) is 0 Å². The van der Waals surface area contributed by atoms with Crippen molar-refractivity contribution in [2.75, 3.05) is 0 Å². The monoisotopic (exact) mass is 238 g/mol. The number of rotatable bonds is 3. The van der Waals surface area contributed by atoms with E-state index in [2.05, 4.69) is 0 Å². The molecule has 96 valence electrons. The highest BCUT2D eigenvalue weighted by molar-refractivity contribution is 5.76. The largest absolute Gasteiger partial charge is 0.458 e. The Morgan fingerprint density at radius 2 is 2.12 bits per heavy atom. The quantitative estimate of drug-likeness (QED) is 0.767. The molecule has 0 spiro atoms. The number of carbonyl (C=O) groups is 1. The molecular weight excluding hydrogens is 216 g/mol. The van der Waals surface area contributed by atoms with Gasteiger partial charge in [0.2, 0.25) is 0 Å². The lowest BCUT2D eigenvalue weighted by atomic mass is 9.89. The van der Waals surface area contributed by atoms with Gasteiger partial charge in [-0.15, -0.1) is 0 Å². The predicted octanol–water partition coefficient (Wildman–Crippen LogP) is 2.27. The van der Waals surface area contributed by atoms with Gasteiger partial charge in [0.1, 0.15) is 5.60 Å². The van der Waals surface area contributed by atoms with Gasteiger partial charge in [0.25, 0.3) is 0 Å². The first-order chi connectivity index (χ1) is 7.81. The maximum absolute atomic E-state index is 12.2. The van der Waals surface area contributed by atoms with Crippen LogP contribution in [-0.2, 0) is 9.53 Å². The van der Waals surface area contributed by atoms with Crippen molar-refractivity contribution in [2.45, 2.75) is 64.1 Å². The van der Waals surface area contributed by atoms with Crippen LogP contribution < -0.4 is 0 Å². The molecule has 0 heterocycles. The number of carbonyl (C=O) groups excluding carboxylic acids is 1. The summed E-state index contributed by atoms with van der Waals surface area (Å²) in [5, 5.41) is 10.4. The average molecular weight is 238 g/mol. The Bertz CT molecular complexity index is 376. The minimum atomic E-state index is -0.513. The van der Waals surface area contributed by atoms with Crippen LogP contribution in [0, 0.1) is 17.3 Å². The summed E-state index contributed by atoms with van der Waals surface area (Å²) >= 11 is 0. The van der Waals surface area contributed by atoms with Crippen LogP contribution in [0.3, 0.4) is 0 Å². The molecule has 4 aliphatic carbocycles. The molecule has 0 aliphatic heterocycles. The summed E-state index contributed by atoms with van der Waals surface area (Å²) in [7, 11) is 0. The van der Waals surface area contributed by atoms with Crippen LogP contribution in [0.5, 0.6) is 0 Å². The van der Waals surface area contributed by atoms with Crippen molar-refractivity contribution in [1.82, 2.24) is 0 Å². The second-order valence-electron chi connectivity index (χ2n) is 7.01. The van der Waals surface area contributed by atoms with Gasteiger partial charge in [-0.05, 0) is 45.4 Å². The molecule has 0 saturated heterocycles. The van der Waals surface area contributed by atoms with Crippen molar-refractivity contribution in [1.29, 1.82) is 0 Å². The molecule has 3 nitrogen and oxygen atoms in total. The molecule has 4 unspecified atom stereocenters. The number of ether oxygens (including phenoxy) is 1. The van der Waals surface area contributed by atoms with E-state index in [1.807, 2.05) is 20.8 Å². The zero-order chi connectivity index (χ0) is 12.5. The zero-order valence-corrected chi connectivity index (χ0v) is 11.0. The Morgan fingerprint density at radius 3 is 2.47 bits per heavy atom. The van der Waals surface area contributed by atoms with Crippen LogP contribution in [0.1, 0.15) is 52.9 Å². The van der Waals surface area contributed by atoms with Crippen molar-refractivity contribution in [2.24, 2.45) is 17.3 Å². The van der Waals surface area contributed by atoms with Gasteiger partial charge in [0, 0.05) is 12.3 Å². The third-order valence-corrected chi connectivity index (χ3v) is 5.60. The average Bonchev–Trinajstić information content (AvgIpc) is 2.85. The molecule has 1 N–H and O–H groups in total. The molecule has 4 rings (SSSR count). The molecule has 4 bridgehead atoms. The van der Waals surface area contributed by atoms with Crippen LogP contribution in [-0.4, -0.2) is 22.3 Å². The lowest BCUT2D eigenvalue weighted by Gasteiger charge is -2.32. The summed E-state index contributed by atoms with van der Waals surface area (Å²) in [6.45, 7) is 5.89. The van der Waals surface area contributed by atoms with Gasteiger partial charge in [0.05, 0.1) is 11.0 Å². The first-order valence-electron chi connectivity index (χ1n) is 6.77. The van der Waals surface area contributed by atoms with E-state index in [9.17, 15) is 9.90 Å². The topological polar surface area (TPSA) is 46.5 Å². The summed E-state index contributed by atoms with van der Waals surface area (Å²) in [6.07, 6.45) is 4.26. The SMILES string of the molecule is CCC(C)(C)C(=O)OC12CC3CC1CC3(O)C2. The van der Waals surface area contributed by atoms with Gasteiger partial charge in [-0.1, -0.05) is 6.92 Å². The standard InChI is InChI=1S/C14H22O3/c1-4-12(2,3)11(15)17-14-7-9-5-10(14)6-13(9,16)8-14/h9-10,16H,4-8H2,1-3H3. The third kappa shape index (κ3) is 1.35. The second kappa shape index (κ2) is 3.05. The van der Waals surface area contributed by atoms with Crippen LogP contribution in [0.25, 0.3) is 0 Å². The second-order valence-corrected chi connectivity index (χ2v) is 7.01. The number of hydrogen-bond donors (Lipinski definition) is 1. The third-order valence-electron chi connectivity index (χ3n) is 5.60. The minimum Gasteiger partial charge on any atom is -0.458 e. The van der Waals surface area contributed by atoms with Gasteiger partial charge in [0.15, 0.2) is 0 Å². The maximum atomic E-state index is 12.2. The van der Waals surface area contributed by atoms with E-state index in [-0.39, 0.29) is 11.6 Å². The van der Waals surface area contributed by atoms with Gasteiger partial charge < -0.3 is 9.84 Å². The summed E-state index contributed by atoms with van der Waals surface area (Å²) < 4.78 is 5.87. The number of hydrogen-bond acceptors (Lipinski definition) is 3. The van der Waals surface area contributed by atoms with Crippen LogP contribution in [0.15, 0.2) is 0 Å². The minimum absolute atomic E-state index is 0.0863. The van der Waals surface area contributed by atoms with Gasteiger partial charge >= 0.3 is 5.97 Å². The molecule has 0 radical (unpaired) electrons. The van der Waals surface area contributed by atoms with Crippen molar-refractivity contribution in [3.63, 3.8) is 0 Å². The molecule has 4 fully saturated rings. The van der Waals surface area contributed by atoms with E-state index in [4.69, 9.17) is 4.74 Å². The predicted molar refractivity (Wildman–Crippen MR) is 63.3 cm³/mol. The highest BCUT2D eigenvalue weighted by atomic mass is 16.6. The molecule has 0 aromatic heterocycles. The highest BCUT2D eigenvalue weighted by Gasteiger charge is 2.72. The van der Waals surface area contributed by atoms with Crippen molar-refractivity contribution < 1.29 is 14.6 Å². The molecule has 17 heavy (non-hydrogen) atoms. The normalized spacial score (nSPS) is 46.8. The summed E-state index contributed by atoms with van der Waals surface area (Å²) in [6, 6.07) is 0. The van der Waals surface area contributed by atoms with E-state index < -0.39 is 11.0 Å². The molecule has 4 aliphatic rings. The first kappa shape index (κ1) is 11.5. The Hall–Kier alpha value is -0.570. The Balaban J connectivity index is 1.78. The lowest BCUT2D eigenvalue weighted by molar-refractivity contribution is -0.172. The molecule has 0 aromatic carbocycles. The smallest absolute Gasteiger partial charge is 0.312 e. The van der Waals surface area contributed by atoms with E-state index in [0.29, 0.717) is 18.3 Å². The summed E-state index contributed by atoms with van der Waals surface area (Å²) in [4.78, 5) is 12.2. The zero-order valence-electron chi connectivity index (χ0n) is 11.0. The highest BCUT2D eigenvalue weighted by Crippen LogP contribution is 2.68. The van der Waals surface area contributed by atoms with E-state index >= 15 is 0 Å².